The van der Waals surface area contributed by atoms with Gasteiger partial charge in [0.25, 0.3) is 5.91 Å². The molecule has 1 aromatic rings. The minimum Gasteiger partial charge on any atom is -0.388 e. The van der Waals surface area contributed by atoms with Gasteiger partial charge in [-0.15, -0.1) is 0 Å². The van der Waals surface area contributed by atoms with Crippen LogP contribution in [-0.2, 0) is 4.79 Å². The molecule has 1 aromatic carbocycles. The van der Waals surface area contributed by atoms with Gasteiger partial charge >= 0.3 is 0 Å². The second kappa shape index (κ2) is 5.20. The lowest BCUT2D eigenvalue weighted by atomic mass is 10.2. The SMILES string of the molecule is C/C=C(\C)C(=O)Nc1ccc(NC)cc1. The van der Waals surface area contributed by atoms with E-state index in [1.165, 1.54) is 0 Å². The fourth-order valence-electron chi connectivity index (χ4n) is 1.08. The van der Waals surface area contributed by atoms with Crippen LogP contribution in [0.25, 0.3) is 0 Å². The van der Waals surface area contributed by atoms with Crippen molar-refractivity contribution in [1.29, 1.82) is 0 Å². The maximum Gasteiger partial charge on any atom is 0.250 e. The summed E-state index contributed by atoms with van der Waals surface area (Å²) in [6.07, 6.45) is 1.79. The van der Waals surface area contributed by atoms with Gasteiger partial charge in [-0.3, -0.25) is 4.79 Å². The van der Waals surface area contributed by atoms with E-state index >= 15 is 0 Å². The van der Waals surface area contributed by atoms with E-state index in [0.29, 0.717) is 5.57 Å². The van der Waals surface area contributed by atoms with Crippen LogP contribution in [-0.4, -0.2) is 13.0 Å². The summed E-state index contributed by atoms with van der Waals surface area (Å²) >= 11 is 0. The fourth-order valence-corrected chi connectivity index (χ4v) is 1.08. The van der Waals surface area contributed by atoms with Crippen molar-refractivity contribution in [2.75, 3.05) is 17.7 Å². The molecule has 0 spiro atoms. The van der Waals surface area contributed by atoms with E-state index in [9.17, 15) is 4.79 Å². The second-order valence-electron chi connectivity index (χ2n) is 3.25. The zero-order valence-corrected chi connectivity index (χ0v) is 9.29. The molecule has 0 atom stereocenters. The number of anilines is 2. The van der Waals surface area contributed by atoms with E-state index in [2.05, 4.69) is 10.6 Å². The summed E-state index contributed by atoms with van der Waals surface area (Å²) in [4.78, 5) is 11.5. The predicted molar refractivity (Wildman–Crippen MR) is 64.0 cm³/mol. The van der Waals surface area contributed by atoms with Gasteiger partial charge in [0.1, 0.15) is 0 Å². The summed E-state index contributed by atoms with van der Waals surface area (Å²) in [7, 11) is 1.86. The van der Waals surface area contributed by atoms with Gasteiger partial charge in [-0.05, 0) is 38.1 Å². The molecule has 0 heterocycles. The van der Waals surface area contributed by atoms with Gasteiger partial charge in [-0.25, -0.2) is 0 Å². The monoisotopic (exact) mass is 204 g/mol. The minimum atomic E-state index is -0.0605. The molecule has 0 bridgehead atoms. The lowest BCUT2D eigenvalue weighted by Crippen LogP contribution is -2.12. The molecule has 1 rings (SSSR count). The molecule has 0 aromatic heterocycles. The molecule has 2 N–H and O–H groups in total. The summed E-state index contributed by atoms with van der Waals surface area (Å²) in [6.45, 7) is 3.64. The van der Waals surface area contributed by atoms with Crippen molar-refractivity contribution >= 4 is 17.3 Å². The molecular formula is C12H16N2O. The van der Waals surface area contributed by atoms with Gasteiger partial charge in [0.05, 0.1) is 0 Å². The zero-order valence-electron chi connectivity index (χ0n) is 9.29. The number of allylic oxidation sites excluding steroid dienone is 1. The van der Waals surface area contributed by atoms with E-state index < -0.39 is 0 Å². The molecule has 0 saturated carbocycles. The summed E-state index contributed by atoms with van der Waals surface area (Å²) in [5.74, 6) is -0.0605. The molecular weight excluding hydrogens is 188 g/mol. The molecule has 3 nitrogen and oxygen atoms in total. The highest BCUT2D eigenvalue weighted by atomic mass is 16.1. The molecule has 0 fully saturated rings. The number of hydrogen-bond donors (Lipinski definition) is 2. The first-order valence-corrected chi connectivity index (χ1v) is 4.89. The highest BCUT2D eigenvalue weighted by molar-refractivity contribution is 6.03. The third kappa shape index (κ3) is 3.13. The van der Waals surface area contributed by atoms with Gasteiger partial charge in [0.15, 0.2) is 0 Å². The van der Waals surface area contributed by atoms with Crippen LogP contribution in [0.1, 0.15) is 13.8 Å². The summed E-state index contributed by atoms with van der Waals surface area (Å²) < 4.78 is 0. The van der Waals surface area contributed by atoms with Crippen molar-refractivity contribution in [3.63, 3.8) is 0 Å². The number of nitrogens with one attached hydrogen (secondary N) is 2. The Hall–Kier alpha value is -1.77. The Morgan fingerprint density at radius 2 is 1.73 bits per heavy atom. The van der Waals surface area contributed by atoms with Crippen LogP contribution in [0.3, 0.4) is 0 Å². The molecule has 3 heteroatoms. The number of hydrogen-bond acceptors (Lipinski definition) is 2. The topological polar surface area (TPSA) is 41.1 Å². The number of amides is 1. The van der Waals surface area contributed by atoms with Crippen molar-refractivity contribution in [3.05, 3.63) is 35.9 Å². The van der Waals surface area contributed by atoms with Gasteiger partial charge in [-0.1, -0.05) is 6.08 Å². The average Bonchev–Trinajstić information content (AvgIpc) is 2.29. The lowest BCUT2D eigenvalue weighted by molar-refractivity contribution is -0.112. The molecule has 0 aliphatic rings. The van der Waals surface area contributed by atoms with Crippen molar-refractivity contribution in [3.8, 4) is 0 Å². The lowest BCUT2D eigenvalue weighted by Gasteiger charge is -2.06. The van der Waals surface area contributed by atoms with E-state index in [1.54, 1.807) is 13.0 Å². The third-order valence-electron chi connectivity index (χ3n) is 2.22. The number of benzene rings is 1. The van der Waals surface area contributed by atoms with Gasteiger partial charge < -0.3 is 10.6 Å². The van der Waals surface area contributed by atoms with Gasteiger partial charge in [0, 0.05) is 24.0 Å². The third-order valence-corrected chi connectivity index (χ3v) is 2.22. The molecule has 0 aliphatic heterocycles. The summed E-state index contributed by atoms with van der Waals surface area (Å²) in [5, 5.41) is 5.83. The van der Waals surface area contributed by atoms with Crippen LogP contribution in [0.15, 0.2) is 35.9 Å². The largest absolute Gasteiger partial charge is 0.388 e. The zero-order chi connectivity index (χ0) is 11.3. The smallest absolute Gasteiger partial charge is 0.250 e. The summed E-state index contributed by atoms with van der Waals surface area (Å²) in [6, 6.07) is 7.57. The first-order chi connectivity index (χ1) is 7.17. The molecule has 0 radical (unpaired) electrons. The molecule has 80 valence electrons. The predicted octanol–water partition coefficient (Wildman–Crippen LogP) is 2.63. The van der Waals surface area contributed by atoms with Crippen LogP contribution >= 0.6 is 0 Å². The van der Waals surface area contributed by atoms with Crippen LogP contribution in [0.2, 0.25) is 0 Å². The second-order valence-corrected chi connectivity index (χ2v) is 3.25. The van der Waals surface area contributed by atoms with Crippen LogP contribution in [0.4, 0.5) is 11.4 Å². The van der Waals surface area contributed by atoms with Crippen molar-refractivity contribution in [2.24, 2.45) is 0 Å². The Balaban J connectivity index is 2.69. The minimum absolute atomic E-state index is 0.0605. The first kappa shape index (κ1) is 11.3. The Bertz CT molecular complexity index is 366. The van der Waals surface area contributed by atoms with Crippen molar-refractivity contribution in [1.82, 2.24) is 0 Å². The van der Waals surface area contributed by atoms with Gasteiger partial charge in [0.2, 0.25) is 0 Å². The maximum absolute atomic E-state index is 11.5. The standard InChI is InChI=1S/C12H16N2O/c1-4-9(2)12(15)14-11-7-5-10(13-3)6-8-11/h4-8,13H,1-3H3,(H,14,15)/b9-4+. The summed E-state index contributed by atoms with van der Waals surface area (Å²) in [5.41, 5.74) is 2.55. The van der Waals surface area contributed by atoms with Crippen molar-refractivity contribution in [2.45, 2.75) is 13.8 Å². The Kier molecular flexibility index (Phi) is 3.92. The quantitative estimate of drug-likeness (QED) is 0.743. The normalized spacial score (nSPS) is 11.0. The maximum atomic E-state index is 11.5. The Labute approximate surface area is 90.2 Å². The first-order valence-electron chi connectivity index (χ1n) is 4.89. The van der Waals surface area contributed by atoms with Crippen LogP contribution < -0.4 is 10.6 Å². The molecule has 1 amide bonds. The molecule has 0 aliphatic carbocycles. The Morgan fingerprint density at radius 1 is 1.20 bits per heavy atom. The Morgan fingerprint density at radius 3 is 2.20 bits per heavy atom. The molecule has 0 saturated heterocycles. The van der Waals surface area contributed by atoms with E-state index in [-0.39, 0.29) is 5.91 Å². The molecule has 15 heavy (non-hydrogen) atoms. The number of rotatable bonds is 3. The van der Waals surface area contributed by atoms with E-state index in [0.717, 1.165) is 11.4 Å². The number of carbonyl (C=O) groups excluding carboxylic acids is 1. The number of carbonyl (C=O) groups is 1. The molecule has 0 unspecified atom stereocenters. The average molecular weight is 204 g/mol. The van der Waals surface area contributed by atoms with Gasteiger partial charge in [-0.2, -0.15) is 0 Å². The van der Waals surface area contributed by atoms with Crippen molar-refractivity contribution < 1.29 is 4.79 Å². The van der Waals surface area contributed by atoms with Crippen LogP contribution in [0.5, 0.6) is 0 Å². The fraction of sp³-hybridized carbons (Fsp3) is 0.250. The van der Waals surface area contributed by atoms with E-state index in [4.69, 9.17) is 0 Å². The highest BCUT2D eigenvalue weighted by Crippen LogP contribution is 2.13. The van der Waals surface area contributed by atoms with E-state index in [1.807, 2.05) is 38.2 Å². The highest BCUT2D eigenvalue weighted by Gasteiger charge is 2.02. The van der Waals surface area contributed by atoms with Crippen LogP contribution in [0, 0.1) is 0 Å².